The van der Waals surface area contributed by atoms with Gasteiger partial charge < -0.3 is 9.47 Å². The van der Waals surface area contributed by atoms with E-state index in [9.17, 15) is 9.36 Å². The van der Waals surface area contributed by atoms with Gasteiger partial charge in [-0.1, -0.05) is 181 Å². The Bertz CT molecular complexity index is 815. The molecule has 0 saturated carbocycles. The third kappa shape index (κ3) is 37.8. The van der Waals surface area contributed by atoms with Crippen molar-refractivity contribution in [3.05, 3.63) is 0 Å². The van der Waals surface area contributed by atoms with Crippen LogP contribution in [0.1, 0.15) is 242 Å². The molecule has 0 aliphatic rings. The maximum absolute atomic E-state index is 13.6. The van der Waals surface area contributed by atoms with Crippen LogP contribution < -0.4 is 0 Å². The number of carbonyl (C=O) groups excluding carboxylic acids is 1. The summed E-state index contributed by atoms with van der Waals surface area (Å²) in [5, 5.41) is 0. The van der Waals surface area contributed by atoms with Gasteiger partial charge in [0.1, 0.15) is 12.7 Å². The Labute approximate surface area is 324 Å². The van der Waals surface area contributed by atoms with E-state index in [1.165, 1.54) is 154 Å². The largest absolute Gasteiger partial charge is 0.475 e. The number of hydrogen-bond donors (Lipinski definition) is 0. The van der Waals surface area contributed by atoms with Crippen molar-refractivity contribution in [2.45, 2.75) is 259 Å². The molecule has 0 heterocycles. The summed E-state index contributed by atoms with van der Waals surface area (Å²) >= 11 is 0. The topological polar surface area (TPSA) is 80.3 Å². The molecular weight excluding hydrogens is 671 g/mol. The number of esters is 1. The van der Waals surface area contributed by atoms with E-state index >= 15 is 0 Å². The first-order chi connectivity index (χ1) is 24.8. The molecule has 1 atom stereocenters. The molecule has 0 aromatic heterocycles. The Morgan fingerprint density at radius 3 is 1.15 bits per heavy atom. The lowest BCUT2D eigenvalue weighted by atomic mass is 10.0. The number of phosphoric ester groups is 1. The van der Waals surface area contributed by atoms with Crippen molar-refractivity contribution in [3.8, 4) is 0 Å². The maximum atomic E-state index is 13.6. The highest BCUT2D eigenvalue weighted by atomic mass is 31.2. The third-order valence-electron chi connectivity index (χ3n) is 9.21. The molecule has 0 unspecified atom stereocenters. The number of unbranched alkanes of at least 4 members (excludes halogenated alkanes) is 26. The summed E-state index contributed by atoms with van der Waals surface area (Å²) in [5.41, 5.74) is -1.46. The summed E-state index contributed by atoms with van der Waals surface area (Å²) < 4.78 is 42.8. The Balaban J connectivity index is 4.49. The van der Waals surface area contributed by atoms with Crippen molar-refractivity contribution in [2.24, 2.45) is 0 Å². The zero-order valence-corrected chi connectivity index (χ0v) is 36.9. The highest BCUT2D eigenvalue weighted by Gasteiger charge is 2.38. The summed E-state index contributed by atoms with van der Waals surface area (Å²) in [6, 6.07) is 0. The average molecular weight is 761 g/mol. The van der Waals surface area contributed by atoms with Crippen molar-refractivity contribution in [1.82, 2.24) is 0 Å². The van der Waals surface area contributed by atoms with E-state index in [1.54, 1.807) is 0 Å². The third-order valence-corrected chi connectivity index (χ3v) is 11.2. The first-order valence-corrected chi connectivity index (χ1v) is 23.7. The molecule has 0 bridgehead atoms. The minimum absolute atomic E-state index is 0.0474. The van der Waals surface area contributed by atoms with Gasteiger partial charge in [0, 0.05) is 13.0 Å². The molecule has 0 spiro atoms. The van der Waals surface area contributed by atoms with Crippen LogP contribution in [0.5, 0.6) is 0 Å². The van der Waals surface area contributed by atoms with Crippen molar-refractivity contribution in [3.63, 3.8) is 0 Å². The zero-order valence-electron chi connectivity index (χ0n) is 36.0. The lowest BCUT2D eigenvalue weighted by Crippen LogP contribution is -2.30. The number of ether oxygens (including phenoxy) is 2. The fourth-order valence-corrected chi connectivity index (χ4v) is 8.16. The van der Waals surface area contributed by atoms with Crippen LogP contribution in [0.25, 0.3) is 0 Å². The van der Waals surface area contributed by atoms with E-state index in [4.69, 9.17) is 23.0 Å². The summed E-state index contributed by atoms with van der Waals surface area (Å²) in [6.45, 7) is 16.0. The molecular formula is C44H89O7P. The molecule has 52 heavy (non-hydrogen) atoms. The number of carbonyl (C=O) groups is 1. The summed E-state index contributed by atoms with van der Waals surface area (Å²) in [7, 11) is -3.90. The van der Waals surface area contributed by atoms with Crippen LogP contribution in [-0.2, 0) is 32.4 Å². The average Bonchev–Trinajstić information content (AvgIpc) is 3.05. The lowest BCUT2D eigenvalue weighted by molar-refractivity contribution is -0.149. The van der Waals surface area contributed by atoms with Crippen LogP contribution in [0.3, 0.4) is 0 Å². The lowest BCUT2D eigenvalue weighted by Gasteiger charge is -2.31. The predicted octanol–water partition coefficient (Wildman–Crippen LogP) is 15.0. The van der Waals surface area contributed by atoms with Gasteiger partial charge in [-0.25, -0.2) is 4.57 Å². The van der Waals surface area contributed by atoms with E-state index in [2.05, 4.69) is 13.8 Å². The molecule has 0 radical (unpaired) electrons. The summed E-state index contributed by atoms with van der Waals surface area (Å²) in [4.78, 5) is 12.6. The van der Waals surface area contributed by atoms with Crippen LogP contribution in [-0.4, -0.2) is 43.1 Å². The monoisotopic (exact) mass is 761 g/mol. The molecule has 312 valence electrons. The fourth-order valence-electron chi connectivity index (χ4n) is 6.33. The number of rotatable bonds is 38. The Morgan fingerprint density at radius 1 is 0.481 bits per heavy atom. The van der Waals surface area contributed by atoms with Gasteiger partial charge in [0.2, 0.25) is 0 Å². The smallest absolute Gasteiger partial charge is 0.463 e. The molecule has 0 rings (SSSR count). The predicted molar refractivity (Wildman–Crippen MR) is 221 cm³/mol. The zero-order chi connectivity index (χ0) is 38.8. The molecule has 0 saturated heterocycles. The minimum Gasteiger partial charge on any atom is -0.463 e. The normalized spacial score (nSPS) is 13.2. The van der Waals surface area contributed by atoms with Gasteiger partial charge in [-0.3, -0.25) is 18.4 Å². The SMILES string of the molecule is CCCCCCCCCCCCCCCCCO[C@H](COC(=O)CCCCCCCCCCCCCCC)COP(=O)(OC(C)(C)C)OC(C)(C)C. The molecule has 0 amide bonds. The summed E-state index contributed by atoms with van der Waals surface area (Å²) in [6.07, 6.45) is 35.9. The van der Waals surface area contributed by atoms with E-state index in [1.807, 2.05) is 41.5 Å². The second-order valence-electron chi connectivity index (χ2n) is 17.3. The number of hydrogen-bond acceptors (Lipinski definition) is 7. The molecule has 0 aliphatic carbocycles. The second-order valence-corrected chi connectivity index (χ2v) is 18.8. The van der Waals surface area contributed by atoms with Crippen LogP contribution >= 0.6 is 7.82 Å². The molecule has 8 heteroatoms. The first kappa shape index (κ1) is 51.5. The van der Waals surface area contributed by atoms with Gasteiger partial charge in [-0.2, -0.15) is 0 Å². The van der Waals surface area contributed by atoms with Crippen molar-refractivity contribution >= 4 is 13.8 Å². The summed E-state index contributed by atoms with van der Waals surface area (Å²) in [5.74, 6) is -0.219. The maximum Gasteiger partial charge on any atom is 0.475 e. The van der Waals surface area contributed by atoms with E-state index in [0.29, 0.717) is 13.0 Å². The molecule has 7 nitrogen and oxygen atoms in total. The molecule has 0 N–H and O–H groups in total. The van der Waals surface area contributed by atoms with Gasteiger partial charge in [-0.05, 0) is 54.4 Å². The van der Waals surface area contributed by atoms with E-state index < -0.39 is 25.1 Å². The van der Waals surface area contributed by atoms with Gasteiger partial charge in [-0.15, -0.1) is 0 Å². The Hall–Kier alpha value is -0.460. The first-order valence-electron chi connectivity index (χ1n) is 22.2. The van der Waals surface area contributed by atoms with Gasteiger partial charge in [0.15, 0.2) is 0 Å². The van der Waals surface area contributed by atoms with E-state index in [-0.39, 0.29) is 19.2 Å². The quantitative estimate of drug-likeness (QED) is 0.0352. The van der Waals surface area contributed by atoms with Gasteiger partial charge in [0.25, 0.3) is 0 Å². The highest BCUT2D eigenvalue weighted by Crippen LogP contribution is 2.55. The van der Waals surface area contributed by atoms with Gasteiger partial charge >= 0.3 is 13.8 Å². The molecule has 0 aliphatic heterocycles. The Kier molecular flexibility index (Phi) is 33.5. The standard InChI is InChI=1S/C44H89O7P/c1-9-11-13-15-17-19-21-23-24-26-28-30-32-34-36-38-47-41(40-49-52(46,50-43(3,4)5)51-44(6,7)8)39-48-42(45)37-35-33-31-29-27-25-22-20-18-16-14-12-10-2/h41H,9-40H2,1-8H3/t41-/m1/s1. The van der Waals surface area contributed by atoms with Crippen molar-refractivity contribution < 1.29 is 32.4 Å². The second kappa shape index (κ2) is 33.8. The van der Waals surface area contributed by atoms with Crippen LogP contribution in [0, 0.1) is 0 Å². The fraction of sp³-hybridized carbons (Fsp3) is 0.977. The minimum atomic E-state index is -3.90. The molecule has 0 aromatic rings. The highest BCUT2D eigenvalue weighted by molar-refractivity contribution is 7.48. The van der Waals surface area contributed by atoms with Gasteiger partial charge in [0.05, 0.1) is 17.8 Å². The van der Waals surface area contributed by atoms with Crippen molar-refractivity contribution in [2.75, 3.05) is 19.8 Å². The van der Waals surface area contributed by atoms with E-state index in [0.717, 1.165) is 25.7 Å². The van der Waals surface area contributed by atoms with Crippen LogP contribution in [0.4, 0.5) is 0 Å². The molecule has 0 fully saturated rings. The van der Waals surface area contributed by atoms with Crippen LogP contribution in [0.2, 0.25) is 0 Å². The Morgan fingerprint density at radius 2 is 0.808 bits per heavy atom. The number of phosphoric acid groups is 1. The van der Waals surface area contributed by atoms with Crippen molar-refractivity contribution in [1.29, 1.82) is 0 Å². The van der Waals surface area contributed by atoms with Crippen LogP contribution in [0.15, 0.2) is 0 Å². The molecule has 0 aromatic carbocycles.